The fourth-order valence-electron chi connectivity index (χ4n) is 2.23. The Morgan fingerprint density at radius 2 is 2.06 bits per heavy atom. The van der Waals surface area contributed by atoms with Gasteiger partial charge in [0, 0.05) is 18.1 Å². The molecule has 4 heteroatoms. The molecule has 0 saturated carbocycles. The summed E-state index contributed by atoms with van der Waals surface area (Å²) in [4.78, 5) is 13.9. The second-order valence-electron chi connectivity index (χ2n) is 4.51. The molecule has 0 aromatic heterocycles. The minimum atomic E-state index is -0.622. The molecular weight excluding hydrogens is 248 g/mol. The van der Waals surface area contributed by atoms with E-state index in [1.165, 1.54) is 0 Å². The van der Waals surface area contributed by atoms with Crippen LogP contribution in [-0.2, 0) is 11.2 Å². The molecule has 0 radical (unpaired) electrons. The van der Waals surface area contributed by atoms with Crippen LogP contribution < -0.4 is 0 Å². The molecule has 2 rings (SSSR count). The van der Waals surface area contributed by atoms with Crippen molar-refractivity contribution in [3.05, 3.63) is 34.9 Å². The van der Waals surface area contributed by atoms with Crippen LogP contribution in [0.1, 0.15) is 18.4 Å². The van der Waals surface area contributed by atoms with Crippen molar-refractivity contribution in [2.24, 2.45) is 5.92 Å². The Morgan fingerprint density at radius 1 is 1.39 bits per heavy atom. The van der Waals surface area contributed by atoms with Crippen LogP contribution in [0.4, 0.5) is 0 Å². The highest BCUT2D eigenvalue weighted by molar-refractivity contribution is 6.31. The van der Waals surface area contributed by atoms with E-state index in [1.807, 2.05) is 18.2 Å². The van der Waals surface area contributed by atoms with E-state index in [0.717, 1.165) is 31.5 Å². The van der Waals surface area contributed by atoms with Gasteiger partial charge in [0.15, 0.2) is 0 Å². The molecule has 18 heavy (non-hydrogen) atoms. The lowest BCUT2D eigenvalue weighted by Crippen LogP contribution is -2.34. The average molecular weight is 263 g/mol. The molecule has 0 aliphatic carbocycles. The summed E-state index contributed by atoms with van der Waals surface area (Å²) >= 11 is 6.06. The van der Waals surface area contributed by atoms with Crippen molar-refractivity contribution in [1.29, 1.82) is 5.26 Å². The molecule has 1 aliphatic heterocycles. The molecule has 0 spiro atoms. The standard InChI is InChI=1S/C14H15ClN2O/c15-13-6-2-1-5-11(13)9-12(10-16)14(18)17-7-3-4-8-17/h1-2,5-6,12H,3-4,7-9H2. The first-order chi connectivity index (χ1) is 8.72. The monoisotopic (exact) mass is 262 g/mol. The van der Waals surface area contributed by atoms with Crippen LogP contribution in [0.3, 0.4) is 0 Å². The van der Waals surface area contributed by atoms with Gasteiger partial charge in [0.2, 0.25) is 5.91 Å². The fourth-order valence-corrected chi connectivity index (χ4v) is 2.44. The molecule has 1 aromatic rings. The van der Waals surface area contributed by atoms with E-state index in [9.17, 15) is 4.79 Å². The highest BCUT2D eigenvalue weighted by atomic mass is 35.5. The number of nitrogens with zero attached hydrogens (tertiary/aromatic N) is 2. The van der Waals surface area contributed by atoms with E-state index in [0.29, 0.717) is 11.4 Å². The summed E-state index contributed by atoms with van der Waals surface area (Å²) in [7, 11) is 0. The van der Waals surface area contributed by atoms with Gasteiger partial charge >= 0.3 is 0 Å². The number of amides is 1. The van der Waals surface area contributed by atoms with Gasteiger partial charge in [0.25, 0.3) is 0 Å². The average Bonchev–Trinajstić information content (AvgIpc) is 2.91. The summed E-state index contributed by atoms with van der Waals surface area (Å²) in [5.41, 5.74) is 0.860. The van der Waals surface area contributed by atoms with Crippen LogP contribution in [0.2, 0.25) is 5.02 Å². The lowest BCUT2D eigenvalue weighted by molar-refractivity contribution is -0.132. The maximum Gasteiger partial charge on any atom is 0.240 e. The predicted octanol–water partition coefficient (Wildman–Crippen LogP) is 2.64. The first-order valence-corrected chi connectivity index (χ1v) is 6.52. The zero-order valence-corrected chi connectivity index (χ0v) is 10.9. The molecular formula is C14H15ClN2O. The van der Waals surface area contributed by atoms with E-state index in [1.54, 1.807) is 11.0 Å². The van der Waals surface area contributed by atoms with Crippen molar-refractivity contribution in [1.82, 2.24) is 4.90 Å². The highest BCUT2D eigenvalue weighted by Gasteiger charge is 2.26. The van der Waals surface area contributed by atoms with Crippen molar-refractivity contribution in [2.45, 2.75) is 19.3 Å². The SMILES string of the molecule is N#CC(Cc1ccccc1Cl)C(=O)N1CCCC1. The number of rotatable bonds is 3. The van der Waals surface area contributed by atoms with E-state index in [-0.39, 0.29) is 5.91 Å². The molecule has 1 aliphatic rings. The van der Waals surface area contributed by atoms with Gasteiger partial charge in [0.1, 0.15) is 5.92 Å². The van der Waals surface area contributed by atoms with Crippen molar-refractivity contribution < 1.29 is 4.79 Å². The molecule has 1 heterocycles. The fraction of sp³-hybridized carbons (Fsp3) is 0.429. The number of carbonyl (C=O) groups is 1. The molecule has 1 atom stereocenters. The van der Waals surface area contributed by atoms with Gasteiger partial charge < -0.3 is 4.90 Å². The number of nitriles is 1. The number of halogens is 1. The molecule has 1 amide bonds. The third-order valence-electron chi connectivity index (χ3n) is 3.25. The van der Waals surface area contributed by atoms with E-state index in [4.69, 9.17) is 16.9 Å². The number of hydrogen-bond acceptors (Lipinski definition) is 2. The Hall–Kier alpha value is -1.53. The first kappa shape index (κ1) is 12.9. The first-order valence-electron chi connectivity index (χ1n) is 6.14. The molecule has 94 valence electrons. The summed E-state index contributed by atoms with van der Waals surface area (Å²) in [6, 6.07) is 9.47. The van der Waals surface area contributed by atoms with Gasteiger partial charge in [-0.1, -0.05) is 29.8 Å². The van der Waals surface area contributed by atoms with Gasteiger partial charge in [-0.05, 0) is 30.9 Å². The van der Waals surface area contributed by atoms with Crippen LogP contribution in [0.15, 0.2) is 24.3 Å². The van der Waals surface area contributed by atoms with E-state index < -0.39 is 5.92 Å². The van der Waals surface area contributed by atoms with Gasteiger partial charge in [-0.2, -0.15) is 5.26 Å². The third kappa shape index (κ3) is 2.83. The lowest BCUT2D eigenvalue weighted by Gasteiger charge is -2.19. The van der Waals surface area contributed by atoms with E-state index in [2.05, 4.69) is 6.07 Å². The van der Waals surface area contributed by atoms with Crippen molar-refractivity contribution >= 4 is 17.5 Å². The molecule has 0 N–H and O–H groups in total. The van der Waals surface area contributed by atoms with Crippen molar-refractivity contribution in [3.63, 3.8) is 0 Å². The van der Waals surface area contributed by atoms with Crippen molar-refractivity contribution in [3.8, 4) is 6.07 Å². The summed E-state index contributed by atoms with van der Waals surface area (Å²) in [6.45, 7) is 1.55. The molecule has 1 saturated heterocycles. The van der Waals surface area contributed by atoms with Crippen LogP contribution in [0.25, 0.3) is 0 Å². The normalized spacial score (nSPS) is 16.3. The Balaban J connectivity index is 2.08. The van der Waals surface area contributed by atoms with Gasteiger partial charge in [-0.25, -0.2) is 0 Å². The number of likely N-dealkylation sites (tertiary alicyclic amines) is 1. The Morgan fingerprint density at radius 3 is 2.67 bits per heavy atom. The predicted molar refractivity (Wildman–Crippen MR) is 70.1 cm³/mol. The Kier molecular flexibility index (Phi) is 4.22. The summed E-state index contributed by atoms with van der Waals surface area (Å²) in [5, 5.41) is 9.79. The van der Waals surface area contributed by atoms with Gasteiger partial charge in [-0.15, -0.1) is 0 Å². The summed E-state index contributed by atoms with van der Waals surface area (Å²) < 4.78 is 0. The highest BCUT2D eigenvalue weighted by Crippen LogP contribution is 2.21. The third-order valence-corrected chi connectivity index (χ3v) is 3.62. The summed E-state index contributed by atoms with van der Waals surface area (Å²) in [5.74, 6) is -0.682. The van der Waals surface area contributed by atoms with Crippen molar-refractivity contribution in [2.75, 3.05) is 13.1 Å². The minimum absolute atomic E-state index is 0.0603. The lowest BCUT2D eigenvalue weighted by atomic mass is 9.99. The van der Waals surface area contributed by atoms with Gasteiger partial charge in [0.05, 0.1) is 6.07 Å². The van der Waals surface area contributed by atoms with Crippen LogP contribution >= 0.6 is 11.6 Å². The zero-order valence-electron chi connectivity index (χ0n) is 10.1. The van der Waals surface area contributed by atoms with Crippen LogP contribution in [-0.4, -0.2) is 23.9 Å². The molecule has 1 unspecified atom stereocenters. The maximum absolute atomic E-state index is 12.2. The van der Waals surface area contributed by atoms with Crippen LogP contribution in [0.5, 0.6) is 0 Å². The molecule has 3 nitrogen and oxygen atoms in total. The smallest absolute Gasteiger partial charge is 0.240 e. The topological polar surface area (TPSA) is 44.1 Å². The molecule has 0 bridgehead atoms. The van der Waals surface area contributed by atoms with Crippen LogP contribution in [0, 0.1) is 17.2 Å². The Bertz CT molecular complexity index is 475. The number of carbonyl (C=O) groups excluding carboxylic acids is 1. The largest absolute Gasteiger partial charge is 0.342 e. The van der Waals surface area contributed by atoms with E-state index >= 15 is 0 Å². The molecule has 1 fully saturated rings. The second kappa shape index (κ2) is 5.88. The van der Waals surface area contributed by atoms with Gasteiger partial charge in [-0.3, -0.25) is 4.79 Å². The number of hydrogen-bond donors (Lipinski definition) is 0. The minimum Gasteiger partial charge on any atom is -0.342 e. The maximum atomic E-state index is 12.2. The summed E-state index contributed by atoms with van der Waals surface area (Å²) in [6.07, 6.45) is 2.47. The number of benzene rings is 1. The second-order valence-corrected chi connectivity index (χ2v) is 4.92. The molecule has 1 aromatic carbocycles. The quantitative estimate of drug-likeness (QED) is 0.841. The zero-order chi connectivity index (χ0) is 13.0. The Labute approximate surface area is 112 Å².